The molecule has 4 aromatic carbocycles. The van der Waals surface area contributed by atoms with E-state index < -0.39 is 0 Å². The SMILES string of the molecule is Cc1cc(Br)c2ccccc2c1-c1c(C2CCC2)cc(Br)c2ccccc12. The summed E-state index contributed by atoms with van der Waals surface area (Å²) in [4.78, 5) is 0. The molecule has 1 fully saturated rings. The van der Waals surface area contributed by atoms with Crippen LogP contribution < -0.4 is 0 Å². The van der Waals surface area contributed by atoms with Gasteiger partial charge in [-0.05, 0) is 81.6 Å². The Hall–Kier alpha value is -1.64. The second-order valence-electron chi connectivity index (χ2n) is 7.59. The number of fused-ring (bicyclic) bond motifs is 2. The highest BCUT2D eigenvalue weighted by atomic mass is 79.9. The van der Waals surface area contributed by atoms with Crippen LogP contribution in [0.3, 0.4) is 0 Å². The highest BCUT2D eigenvalue weighted by Crippen LogP contribution is 2.48. The summed E-state index contributed by atoms with van der Waals surface area (Å²) in [5, 5.41) is 5.26. The first kappa shape index (κ1) is 17.5. The van der Waals surface area contributed by atoms with E-state index >= 15 is 0 Å². The fourth-order valence-corrected chi connectivity index (χ4v) is 5.75. The molecule has 1 aliphatic carbocycles. The smallest absolute Gasteiger partial charge is 0.0257 e. The van der Waals surface area contributed by atoms with E-state index in [1.165, 1.54) is 72.0 Å². The summed E-state index contributed by atoms with van der Waals surface area (Å²) in [6.07, 6.45) is 3.94. The van der Waals surface area contributed by atoms with Crippen LogP contribution in [-0.4, -0.2) is 0 Å². The maximum Gasteiger partial charge on any atom is 0.0257 e. The topological polar surface area (TPSA) is 0 Å². The Morgan fingerprint density at radius 3 is 1.78 bits per heavy atom. The quantitative estimate of drug-likeness (QED) is 0.269. The van der Waals surface area contributed by atoms with E-state index in [4.69, 9.17) is 0 Å². The zero-order valence-corrected chi connectivity index (χ0v) is 18.4. The van der Waals surface area contributed by atoms with Crippen LogP contribution in [-0.2, 0) is 0 Å². The van der Waals surface area contributed by atoms with Gasteiger partial charge in [0.2, 0.25) is 0 Å². The first-order valence-electron chi connectivity index (χ1n) is 9.54. The van der Waals surface area contributed by atoms with Gasteiger partial charge < -0.3 is 0 Å². The molecule has 0 bridgehead atoms. The zero-order valence-electron chi connectivity index (χ0n) is 15.2. The number of hydrogen-bond donors (Lipinski definition) is 0. The predicted molar refractivity (Wildman–Crippen MR) is 124 cm³/mol. The molecule has 5 rings (SSSR count). The van der Waals surface area contributed by atoms with Crippen LogP contribution in [0.5, 0.6) is 0 Å². The second kappa shape index (κ2) is 6.76. The molecule has 1 aliphatic rings. The van der Waals surface area contributed by atoms with E-state index in [2.05, 4.69) is 99.4 Å². The molecule has 4 aromatic rings. The lowest BCUT2D eigenvalue weighted by molar-refractivity contribution is 0.421. The highest BCUT2D eigenvalue weighted by Gasteiger charge is 2.26. The number of halogens is 2. The van der Waals surface area contributed by atoms with Gasteiger partial charge >= 0.3 is 0 Å². The van der Waals surface area contributed by atoms with Crippen molar-refractivity contribution in [3.8, 4) is 11.1 Å². The Morgan fingerprint density at radius 2 is 1.22 bits per heavy atom. The number of benzene rings is 4. The van der Waals surface area contributed by atoms with Crippen molar-refractivity contribution in [3.05, 3.63) is 80.7 Å². The van der Waals surface area contributed by atoms with Crippen LogP contribution in [0, 0.1) is 6.92 Å². The van der Waals surface area contributed by atoms with E-state index in [0.717, 1.165) is 0 Å². The maximum atomic E-state index is 3.85. The van der Waals surface area contributed by atoms with Gasteiger partial charge in [0.1, 0.15) is 0 Å². The Morgan fingerprint density at radius 1 is 0.704 bits per heavy atom. The Labute approximate surface area is 176 Å². The summed E-state index contributed by atoms with van der Waals surface area (Å²) in [6.45, 7) is 2.24. The monoisotopic (exact) mass is 478 g/mol. The average Bonchev–Trinajstić information content (AvgIpc) is 2.63. The lowest BCUT2D eigenvalue weighted by Crippen LogP contribution is -2.11. The van der Waals surface area contributed by atoms with E-state index in [9.17, 15) is 0 Å². The van der Waals surface area contributed by atoms with Gasteiger partial charge in [0.15, 0.2) is 0 Å². The van der Waals surface area contributed by atoms with Crippen molar-refractivity contribution in [2.24, 2.45) is 0 Å². The fourth-order valence-electron chi connectivity index (χ4n) is 4.47. The third kappa shape index (κ3) is 2.77. The van der Waals surface area contributed by atoms with Crippen molar-refractivity contribution in [2.45, 2.75) is 32.1 Å². The van der Waals surface area contributed by atoms with Crippen LogP contribution in [0.1, 0.15) is 36.3 Å². The van der Waals surface area contributed by atoms with Crippen LogP contribution in [0.2, 0.25) is 0 Å². The average molecular weight is 480 g/mol. The lowest BCUT2D eigenvalue weighted by Gasteiger charge is -2.30. The summed E-state index contributed by atoms with van der Waals surface area (Å²) in [6, 6.07) is 22.2. The van der Waals surface area contributed by atoms with Crippen molar-refractivity contribution in [1.29, 1.82) is 0 Å². The molecular formula is C25H20Br2. The number of rotatable bonds is 2. The van der Waals surface area contributed by atoms with Crippen LogP contribution in [0.4, 0.5) is 0 Å². The molecule has 0 amide bonds. The Balaban J connectivity index is 1.97. The molecule has 27 heavy (non-hydrogen) atoms. The van der Waals surface area contributed by atoms with E-state index in [-0.39, 0.29) is 0 Å². The van der Waals surface area contributed by atoms with Crippen LogP contribution >= 0.6 is 31.9 Å². The summed E-state index contributed by atoms with van der Waals surface area (Å²) < 4.78 is 2.38. The fraction of sp³-hybridized carbons (Fsp3) is 0.200. The zero-order chi connectivity index (χ0) is 18.5. The molecule has 134 valence electrons. The van der Waals surface area contributed by atoms with Crippen molar-refractivity contribution < 1.29 is 0 Å². The molecule has 0 heterocycles. The summed E-state index contributed by atoms with van der Waals surface area (Å²) in [5.41, 5.74) is 5.65. The van der Waals surface area contributed by atoms with Gasteiger partial charge in [0, 0.05) is 8.95 Å². The third-order valence-electron chi connectivity index (χ3n) is 6.01. The molecule has 1 saturated carbocycles. The first-order chi connectivity index (χ1) is 13.1. The minimum Gasteiger partial charge on any atom is -0.0616 e. The molecule has 0 nitrogen and oxygen atoms in total. The third-order valence-corrected chi connectivity index (χ3v) is 7.32. The molecule has 0 unspecified atom stereocenters. The molecule has 0 N–H and O–H groups in total. The van der Waals surface area contributed by atoms with Gasteiger partial charge in [-0.3, -0.25) is 0 Å². The lowest BCUT2D eigenvalue weighted by atomic mass is 9.75. The number of aryl methyl sites for hydroxylation is 1. The van der Waals surface area contributed by atoms with E-state index in [1.807, 2.05) is 0 Å². The van der Waals surface area contributed by atoms with Crippen molar-refractivity contribution in [2.75, 3.05) is 0 Å². The van der Waals surface area contributed by atoms with Gasteiger partial charge in [-0.2, -0.15) is 0 Å². The van der Waals surface area contributed by atoms with E-state index in [0.29, 0.717) is 5.92 Å². The minimum atomic E-state index is 0.669. The van der Waals surface area contributed by atoms with Gasteiger partial charge in [-0.15, -0.1) is 0 Å². The highest BCUT2D eigenvalue weighted by molar-refractivity contribution is 9.11. The summed E-state index contributed by atoms with van der Waals surface area (Å²) in [5.74, 6) is 0.669. The van der Waals surface area contributed by atoms with Crippen LogP contribution in [0.25, 0.3) is 32.7 Å². The molecule has 2 heteroatoms. The summed E-state index contributed by atoms with van der Waals surface area (Å²) in [7, 11) is 0. The predicted octanol–water partition coefficient (Wildman–Crippen LogP) is 8.76. The van der Waals surface area contributed by atoms with Gasteiger partial charge in [-0.25, -0.2) is 0 Å². The molecular weight excluding hydrogens is 460 g/mol. The van der Waals surface area contributed by atoms with Crippen molar-refractivity contribution >= 4 is 53.4 Å². The largest absolute Gasteiger partial charge is 0.0616 e. The normalized spacial score (nSPS) is 14.6. The number of hydrogen-bond acceptors (Lipinski definition) is 0. The second-order valence-corrected chi connectivity index (χ2v) is 9.30. The molecule has 0 aliphatic heterocycles. The Bertz CT molecular complexity index is 1190. The maximum absolute atomic E-state index is 3.85. The van der Waals surface area contributed by atoms with Crippen molar-refractivity contribution in [3.63, 3.8) is 0 Å². The minimum absolute atomic E-state index is 0.669. The molecule has 0 saturated heterocycles. The van der Waals surface area contributed by atoms with Gasteiger partial charge in [-0.1, -0.05) is 86.8 Å². The molecule has 0 aromatic heterocycles. The molecule has 0 radical (unpaired) electrons. The first-order valence-corrected chi connectivity index (χ1v) is 11.1. The van der Waals surface area contributed by atoms with Gasteiger partial charge in [0.25, 0.3) is 0 Å². The molecule has 0 atom stereocenters. The van der Waals surface area contributed by atoms with E-state index in [1.54, 1.807) is 0 Å². The standard InChI is InChI=1S/C25H20Br2/c1-15-13-22(26)17-9-2-4-11-19(17)24(15)25-20-12-5-3-10-18(20)23(27)14-21(25)16-7-6-8-16/h2-5,9-14,16H,6-8H2,1H3. The Kier molecular flexibility index (Phi) is 4.37. The summed E-state index contributed by atoms with van der Waals surface area (Å²) >= 11 is 7.63. The van der Waals surface area contributed by atoms with Crippen molar-refractivity contribution in [1.82, 2.24) is 0 Å². The van der Waals surface area contributed by atoms with Crippen LogP contribution in [0.15, 0.2) is 69.6 Å². The van der Waals surface area contributed by atoms with Gasteiger partial charge in [0.05, 0.1) is 0 Å². The molecule has 0 spiro atoms.